The molecule has 36 heavy (non-hydrogen) atoms. The number of likely N-dealkylation sites (tertiary alicyclic amines) is 1. The van der Waals surface area contributed by atoms with Crippen LogP contribution in [0.25, 0.3) is 0 Å². The van der Waals surface area contributed by atoms with Crippen molar-refractivity contribution in [1.82, 2.24) is 19.6 Å². The van der Waals surface area contributed by atoms with E-state index in [0.717, 1.165) is 13.1 Å². The lowest BCUT2D eigenvalue weighted by Crippen LogP contribution is -2.59. The number of fused-ring (bicyclic) bond motifs is 2. The smallest absolute Gasteiger partial charge is 0.295 e. The van der Waals surface area contributed by atoms with Crippen molar-refractivity contribution in [2.24, 2.45) is 5.92 Å². The molecule has 9 nitrogen and oxygen atoms in total. The molecule has 0 bridgehead atoms. The lowest BCUT2D eigenvalue weighted by molar-refractivity contribution is -0.154. The highest BCUT2D eigenvalue weighted by atomic mass is 35.5. The molecule has 1 aromatic carbocycles. The van der Waals surface area contributed by atoms with E-state index in [2.05, 4.69) is 4.90 Å². The summed E-state index contributed by atoms with van der Waals surface area (Å²) in [6.45, 7) is 3.86. The van der Waals surface area contributed by atoms with Crippen LogP contribution in [0.3, 0.4) is 0 Å². The molecule has 4 aliphatic rings. The summed E-state index contributed by atoms with van der Waals surface area (Å²) < 4.78 is 19.0. The van der Waals surface area contributed by atoms with Crippen molar-refractivity contribution in [3.05, 3.63) is 45.9 Å². The van der Waals surface area contributed by atoms with Gasteiger partial charge in [0.15, 0.2) is 0 Å². The molecular formula is C25H28ClFN4O5. The molecule has 5 rings (SSSR count). The van der Waals surface area contributed by atoms with Crippen LogP contribution in [-0.4, -0.2) is 102 Å². The van der Waals surface area contributed by atoms with Crippen molar-refractivity contribution < 1.29 is 28.3 Å². The van der Waals surface area contributed by atoms with Crippen LogP contribution in [0.1, 0.15) is 18.4 Å². The minimum absolute atomic E-state index is 0.0426. The number of Topliss-reactive ketones (excluding diaryl/α,β-unsaturated/α-hetero) is 1. The molecule has 2 unspecified atom stereocenters. The summed E-state index contributed by atoms with van der Waals surface area (Å²) in [5.74, 6) is -4.36. The number of halogens is 2. The minimum Gasteiger partial charge on any atom is -0.379 e. The lowest BCUT2D eigenvalue weighted by atomic mass is 9.81. The third-order valence-electron chi connectivity index (χ3n) is 7.49. The van der Waals surface area contributed by atoms with Gasteiger partial charge in [0.1, 0.15) is 17.4 Å². The van der Waals surface area contributed by atoms with E-state index in [9.17, 15) is 23.6 Å². The number of amides is 3. The zero-order valence-corrected chi connectivity index (χ0v) is 20.8. The van der Waals surface area contributed by atoms with E-state index >= 15 is 0 Å². The molecule has 0 radical (unpaired) electrons. The van der Waals surface area contributed by atoms with Gasteiger partial charge in [-0.25, -0.2) is 4.39 Å². The number of piperidine rings is 1. The standard InChI is InChI=1S/C25H28ClFN4O5/c1-28-14-16(29-8-10-36-11-9-29)4-7-31-21(24(28)34)17-5-6-30(23(33)20(17)22(32)25(31)35)13-15-2-3-19(27)18(26)12-15/h2-3,12,16,20H,4-11,13-14H2,1H3. The van der Waals surface area contributed by atoms with Gasteiger partial charge in [-0.3, -0.25) is 24.1 Å². The maximum Gasteiger partial charge on any atom is 0.295 e. The van der Waals surface area contributed by atoms with Crippen molar-refractivity contribution in [2.75, 3.05) is 53.0 Å². The number of hydrogen-bond acceptors (Lipinski definition) is 6. The Morgan fingerprint density at radius 3 is 2.53 bits per heavy atom. The van der Waals surface area contributed by atoms with Crippen LogP contribution < -0.4 is 0 Å². The quantitative estimate of drug-likeness (QED) is 0.439. The number of carbonyl (C=O) groups excluding carboxylic acids is 4. The molecule has 3 amide bonds. The van der Waals surface area contributed by atoms with Gasteiger partial charge >= 0.3 is 0 Å². The summed E-state index contributed by atoms with van der Waals surface area (Å²) >= 11 is 5.87. The average Bonchev–Trinajstić information content (AvgIpc) is 2.87. The summed E-state index contributed by atoms with van der Waals surface area (Å²) in [5.41, 5.74) is 1.20. The molecule has 0 aromatic heterocycles. The number of likely N-dealkylation sites (N-methyl/N-ethyl adjacent to an activating group) is 1. The minimum atomic E-state index is -1.31. The fraction of sp³-hybridized carbons (Fsp3) is 0.520. The van der Waals surface area contributed by atoms with Gasteiger partial charge in [-0.1, -0.05) is 17.7 Å². The van der Waals surface area contributed by atoms with Crippen LogP contribution in [0.4, 0.5) is 4.39 Å². The number of nitrogens with zero attached hydrogens (tertiary/aromatic N) is 4. The summed E-state index contributed by atoms with van der Waals surface area (Å²) in [6.07, 6.45) is 0.895. The second-order valence-corrected chi connectivity index (χ2v) is 10.1. The van der Waals surface area contributed by atoms with Crippen molar-refractivity contribution >= 4 is 35.1 Å². The normalized spacial score (nSPS) is 26.1. The molecule has 1 aromatic rings. The Morgan fingerprint density at radius 2 is 1.81 bits per heavy atom. The first-order valence-corrected chi connectivity index (χ1v) is 12.5. The van der Waals surface area contributed by atoms with Gasteiger partial charge in [0.05, 0.1) is 18.2 Å². The zero-order chi connectivity index (χ0) is 25.6. The SMILES string of the molecule is CN1CC(N2CCOCC2)CCN2C(=O)C(=O)C3C(=O)N(Cc4ccc(F)c(Cl)c4)CCC3=C2C1=O. The summed E-state index contributed by atoms with van der Waals surface area (Å²) in [5, 5.41) is -0.0575. The molecule has 192 valence electrons. The molecule has 0 aliphatic carbocycles. The summed E-state index contributed by atoms with van der Waals surface area (Å²) in [6, 6.07) is 4.23. The van der Waals surface area contributed by atoms with E-state index in [0.29, 0.717) is 43.7 Å². The average molecular weight is 519 g/mol. The maximum atomic E-state index is 13.6. The van der Waals surface area contributed by atoms with Gasteiger partial charge in [-0.2, -0.15) is 0 Å². The number of ketones is 1. The first kappa shape index (κ1) is 24.9. The monoisotopic (exact) mass is 518 g/mol. The van der Waals surface area contributed by atoms with E-state index in [1.807, 2.05) is 0 Å². The third-order valence-corrected chi connectivity index (χ3v) is 7.78. The Balaban J connectivity index is 1.42. The van der Waals surface area contributed by atoms with E-state index in [1.54, 1.807) is 11.9 Å². The summed E-state index contributed by atoms with van der Waals surface area (Å²) in [4.78, 5) is 60.0. The molecule has 11 heteroatoms. The molecule has 0 spiro atoms. The third kappa shape index (κ3) is 4.42. The largest absolute Gasteiger partial charge is 0.379 e. The van der Waals surface area contributed by atoms with E-state index in [4.69, 9.17) is 16.3 Å². The molecule has 0 saturated carbocycles. The predicted molar refractivity (Wildman–Crippen MR) is 127 cm³/mol. The number of rotatable bonds is 3. The van der Waals surface area contributed by atoms with E-state index < -0.39 is 29.3 Å². The number of morpholine rings is 1. The van der Waals surface area contributed by atoms with Crippen LogP contribution >= 0.6 is 11.6 Å². The second kappa shape index (κ2) is 9.91. The molecule has 3 saturated heterocycles. The molecule has 0 N–H and O–H groups in total. The lowest BCUT2D eigenvalue weighted by Gasteiger charge is -2.44. The fourth-order valence-electron chi connectivity index (χ4n) is 5.57. The molecule has 3 fully saturated rings. The van der Waals surface area contributed by atoms with Crippen LogP contribution in [-0.2, 0) is 30.5 Å². The van der Waals surface area contributed by atoms with Gasteiger partial charge < -0.3 is 19.4 Å². The van der Waals surface area contributed by atoms with Crippen LogP contribution in [0.2, 0.25) is 5.02 Å². The Labute approximate surface area is 213 Å². The molecule has 4 aliphatic heterocycles. The molecular weight excluding hydrogens is 491 g/mol. The van der Waals surface area contributed by atoms with Crippen molar-refractivity contribution in [3.8, 4) is 0 Å². The number of ether oxygens (including phenoxy) is 1. The first-order valence-electron chi connectivity index (χ1n) is 12.1. The maximum absolute atomic E-state index is 13.6. The number of benzene rings is 1. The first-order chi connectivity index (χ1) is 17.3. The van der Waals surface area contributed by atoms with Gasteiger partial charge in [0, 0.05) is 52.4 Å². The van der Waals surface area contributed by atoms with Crippen molar-refractivity contribution in [2.45, 2.75) is 25.4 Å². The Bertz CT molecular complexity index is 1150. The van der Waals surface area contributed by atoms with Crippen LogP contribution in [0, 0.1) is 11.7 Å². The van der Waals surface area contributed by atoms with E-state index in [-0.39, 0.29) is 42.3 Å². The van der Waals surface area contributed by atoms with E-state index in [1.165, 1.54) is 28.0 Å². The number of hydrogen-bond donors (Lipinski definition) is 0. The highest BCUT2D eigenvalue weighted by Crippen LogP contribution is 2.36. The second-order valence-electron chi connectivity index (χ2n) is 9.66. The molecule has 2 atom stereocenters. The molecule has 4 heterocycles. The van der Waals surface area contributed by atoms with Crippen molar-refractivity contribution in [3.63, 3.8) is 0 Å². The van der Waals surface area contributed by atoms with Crippen LogP contribution in [0.5, 0.6) is 0 Å². The predicted octanol–water partition coefficient (Wildman–Crippen LogP) is 1.06. The topological polar surface area (TPSA) is 90.5 Å². The van der Waals surface area contributed by atoms with Gasteiger partial charge in [-0.05, 0) is 36.1 Å². The van der Waals surface area contributed by atoms with Crippen molar-refractivity contribution in [1.29, 1.82) is 0 Å². The van der Waals surface area contributed by atoms with Gasteiger partial charge in [-0.15, -0.1) is 0 Å². The Morgan fingerprint density at radius 1 is 1.06 bits per heavy atom. The van der Waals surface area contributed by atoms with Crippen LogP contribution in [0.15, 0.2) is 29.5 Å². The highest BCUT2D eigenvalue weighted by molar-refractivity contribution is 6.43. The fourth-order valence-corrected chi connectivity index (χ4v) is 5.77. The Kier molecular flexibility index (Phi) is 6.84. The van der Waals surface area contributed by atoms with Gasteiger partial charge in [0.25, 0.3) is 11.8 Å². The Hall–Kier alpha value is -2.82. The highest BCUT2D eigenvalue weighted by Gasteiger charge is 2.50. The zero-order valence-electron chi connectivity index (χ0n) is 20.0. The van der Waals surface area contributed by atoms with Gasteiger partial charge in [0.2, 0.25) is 11.7 Å². The summed E-state index contributed by atoms with van der Waals surface area (Å²) in [7, 11) is 1.69. The number of carbonyl (C=O) groups is 4.